The molecule has 0 aromatic heterocycles. The number of halogens is 1. The van der Waals surface area contributed by atoms with Gasteiger partial charge in [0.25, 0.3) is 5.91 Å². The molecule has 3 N–H and O–H groups in total. The quantitative estimate of drug-likeness (QED) is 0.224. The molecule has 7 nitrogen and oxygen atoms in total. The van der Waals surface area contributed by atoms with Crippen molar-refractivity contribution in [2.45, 2.75) is 32.7 Å². The van der Waals surface area contributed by atoms with Crippen molar-refractivity contribution < 1.29 is 14.3 Å². The number of benzene rings is 2. The lowest BCUT2D eigenvalue weighted by molar-refractivity contribution is -0.122. The summed E-state index contributed by atoms with van der Waals surface area (Å²) in [6.45, 7) is 6.11. The highest BCUT2D eigenvalue weighted by Gasteiger charge is 2.07. The number of aliphatic imine (C=N–C) groups is 1. The Morgan fingerprint density at radius 2 is 1.81 bits per heavy atom. The van der Waals surface area contributed by atoms with Crippen LogP contribution in [0.25, 0.3) is 0 Å². The molecule has 2 aromatic carbocycles. The molecule has 0 spiro atoms. The third-order valence-electron chi connectivity index (χ3n) is 4.88. The van der Waals surface area contributed by atoms with Gasteiger partial charge < -0.3 is 25.4 Å². The zero-order valence-corrected chi connectivity index (χ0v) is 21.6. The van der Waals surface area contributed by atoms with Crippen LogP contribution in [-0.2, 0) is 11.3 Å². The molecule has 2 rings (SSSR count). The van der Waals surface area contributed by atoms with Gasteiger partial charge in [-0.25, -0.2) is 0 Å². The summed E-state index contributed by atoms with van der Waals surface area (Å²) >= 11 is 0. The highest BCUT2D eigenvalue weighted by molar-refractivity contribution is 14.0. The largest absolute Gasteiger partial charge is 0.497 e. The van der Waals surface area contributed by atoms with Crippen LogP contribution in [0, 0.1) is 0 Å². The molecule has 0 aliphatic heterocycles. The summed E-state index contributed by atoms with van der Waals surface area (Å²) in [5.41, 5.74) is 2.33. The van der Waals surface area contributed by atoms with Crippen LogP contribution in [0.3, 0.4) is 0 Å². The van der Waals surface area contributed by atoms with Crippen molar-refractivity contribution in [3.05, 3.63) is 59.7 Å². The Morgan fingerprint density at radius 3 is 2.47 bits per heavy atom. The van der Waals surface area contributed by atoms with E-state index in [2.05, 4.69) is 40.0 Å². The van der Waals surface area contributed by atoms with Crippen molar-refractivity contribution in [3.8, 4) is 11.5 Å². The molecule has 176 valence electrons. The molecule has 32 heavy (non-hydrogen) atoms. The first-order valence-electron chi connectivity index (χ1n) is 10.6. The van der Waals surface area contributed by atoms with E-state index in [9.17, 15) is 4.79 Å². The van der Waals surface area contributed by atoms with E-state index in [0.717, 1.165) is 30.2 Å². The van der Waals surface area contributed by atoms with Gasteiger partial charge in [0.15, 0.2) is 12.6 Å². The predicted octanol–water partition coefficient (Wildman–Crippen LogP) is 3.69. The lowest BCUT2D eigenvalue weighted by Crippen LogP contribution is -2.37. The van der Waals surface area contributed by atoms with E-state index in [1.165, 1.54) is 5.56 Å². The van der Waals surface area contributed by atoms with E-state index < -0.39 is 0 Å². The van der Waals surface area contributed by atoms with E-state index in [0.29, 0.717) is 24.8 Å². The van der Waals surface area contributed by atoms with Crippen LogP contribution in [0.2, 0.25) is 0 Å². The Morgan fingerprint density at radius 1 is 1.06 bits per heavy atom. The van der Waals surface area contributed by atoms with E-state index in [4.69, 9.17) is 9.47 Å². The van der Waals surface area contributed by atoms with Crippen LogP contribution >= 0.6 is 24.0 Å². The summed E-state index contributed by atoms with van der Waals surface area (Å²) in [6.07, 6.45) is 0.982. The zero-order chi connectivity index (χ0) is 22.5. The number of nitrogens with one attached hydrogen (secondary N) is 3. The Bertz CT molecular complexity index is 843. The second-order valence-corrected chi connectivity index (χ2v) is 7.21. The third kappa shape index (κ3) is 9.76. The van der Waals surface area contributed by atoms with Crippen LogP contribution < -0.4 is 25.4 Å². The summed E-state index contributed by atoms with van der Waals surface area (Å²) in [6, 6.07) is 15.9. The smallest absolute Gasteiger partial charge is 0.257 e. The first-order chi connectivity index (χ1) is 15.0. The van der Waals surface area contributed by atoms with Crippen molar-refractivity contribution in [2.75, 3.05) is 33.9 Å². The Kier molecular flexibility index (Phi) is 13.2. The van der Waals surface area contributed by atoms with Gasteiger partial charge in [0, 0.05) is 26.7 Å². The van der Waals surface area contributed by atoms with E-state index in [1.54, 1.807) is 14.2 Å². The second-order valence-electron chi connectivity index (χ2n) is 7.21. The number of ether oxygens (including phenoxy) is 2. The van der Waals surface area contributed by atoms with Crippen molar-refractivity contribution in [2.24, 2.45) is 4.99 Å². The molecule has 0 aliphatic rings. The van der Waals surface area contributed by atoms with Gasteiger partial charge in [0.2, 0.25) is 0 Å². The van der Waals surface area contributed by atoms with Gasteiger partial charge in [0.05, 0.1) is 7.11 Å². The number of amides is 1. The molecule has 0 radical (unpaired) electrons. The van der Waals surface area contributed by atoms with Gasteiger partial charge in [-0.1, -0.05) is 31.2 Å². The van der Waals surface area contributed by atoms with Crippen LogP contribution in [0.1, 0.15) is 37.3 Å². The average Bonchev–Trinajstić information content (AvgIpc) is 2.80. The van der Waals surface area contributed by atoms with Crippen molar-refractivity contribution >= 4 is 35.8 Å². The summed E-state index contributed by atoms with van der Waals surface area (Å²) in [4.78, 5) is 15.8. The van der Waals surface area contributed by atoms with Gasteiger partial charge >= 0.3 is 0 Å². The number of carbonyl (C=O) groups excluding carboxylic acids is 1. The van der Waals surface area contributed by atoms with Crippen molar-refractivity contribution in [3.63, 3.8) is 0 Å². The van der Waals surface area contributed by atoms with Gasteiger partial charge in [0.1, 0.15) is 11.5 Å². The molecule has 0 fully saturated rings. The minimum absolute atomic E-state index is 0. The maximum atomic E-state index is 11.5. The molecule has 8 heteroatoms. The number of guanidine groups is 1. The molecule has 1 unspecified atom stereocenters. The third-order valence-corrected chi connectivity index (χ3v) is 4.88. The minimum Gasteiger partial charge on any atom is -0.497 e. The standard InChI is InChI=1S/C24H34N4O3.HI/c1-5-26-23(29)17-31-22-8-6-7-19(15-22)16-28-24(25-3)27-14-13-18(2)20-9-11-21(30-4)12-10-20;/h6-12,15,18H,5,13-14,16-17H2,1-4H3,(H,26,29)(H2,25,27,28);1H. The fraction of sp³-hybridized carbons (Fsp3) is 0.417. The monoisotopic (exact) mass is 554 g/mol. The number of rotatable bonds is 11. The number of hydrogen-bond donors (Lipinski definition) is 3. The van der Waals surface area contributed by atoms with Gasteiger partial charge in [-0.3, -0.25) is 9.79 Å². The minimum atomic E-state index is -0.125. The lowest BCUT2D eigenvalue weighted by Gasteiger charge is -2.16. The zero-order valence-electron chi connectivity index (χ0n) is 19.3. The molecular formula is C24H35IN4O3. The summed E-state index contributed by atoms with van der Waals surface area (Å²) in [7, 11) is 3.43. The van der Waals surface area contributed by atoms with Crippen molar-refractivity contribution in [1.82, 2.24) is 16.0 Å². The first kappa shape index (κ1) is 27.5. The molecule has 0 saturated carbocycles. The fourth-order valence-corrected chi connectivity index (χ4v) is 3.05. The molecule has 0 aliphatic carbocycles. The Hall–Kier alpha value is -2.49. The SMILES string of the molecule is CCNC(=O)COc1cccc(CNC(=NC)NCCC(C)c2ccc(OC)cc2)c1.I. The van der Waals surface area contributed by atoms with Crippen LogP contribution in [0.15, 0.2) is 53.5 Å². The highest BCUT2D eigenvalue weighted by Crippen LogP contribution is 2.21. The summed E-state index contributed by atoms with van der Waals surface area (Å²) in [5, 5.41) is 9.39. The Balaban J connectivity index is 0.00000512. The molecule has 0 bridgehead atoms. The number of hydrogen-bond acceptors (Lipinski definition) is 4. The topological polar surface area (TPSA) is 84.0 Å². The van der Waals surface area contributed by atoms with E-state index in [-0.39, 0.29) is 36.5 Å². The number of likely N-dealkylation sites (N-methyl/N-ethyl adjacent to an activating group) is 1. The van der Waals surface area contributed by atoms with Gasteiger partial charge in [-0.05, 0) is 54.7 Å². The van der Waals surface area contributed by atoms with E-state index >= 15 is 0 Å². The molecule has 2 aromatic rings. The highest BCUT2D eigenvalue weighted by atomic mass is 127. The van der Waals surface area contributed by atoms with Crippen molar-refractivity contribution in [1.29, 1.82) is 0 Å². The normalized spacial score (nSPS) is 11.7. The van der Waals surface area contributed by atoms with Gasteiger partial charge in [-0.2, -0.15) is 0 Å². The van der Waals surface area contributed by atoms with Crippen LogP contribution in [0.5, 0.6) is 11.5 Å². The number of nitrogens with zero attached hydrogens (tertiary/aromatic N) is 1. The molecule has 1 atom stereocenters. The predicted molar refractivity (Wildman–Crippen MR) is 140 cm³/mol. The molecular weight excluding hydrogens is 519 g/mol. The molecule has 0 heterocycles. The Labute approximate surface area is 208 Å². The average molecular weight is 554 g/mol. The fourth-order valence-electron chi connectivity index (χ4n) is 3.05. The molecule has 1 amide bonds. The molecule has 0 saturated heterocycles. The number of methoxy groups -OCH3 is 1. The second kappa shape index (κ2) is 15.3. The van der Waals surface area contributed by atoms with Crippen LogP contribution in [0.4, 0.5) is 0 Å². The van der Waals surface area contributed by atoms with Gasteiger partial charge in [-0.15, -0.1) is 24.0 Å². The first-order valence-corrected chi connectivity index (χ1v) is 10.6. The van der Waals surface area contributed by atoms with Crippen LogP contribution in [-0.4, -0.2) is 45.7 Å². The maximum absolute atomic E-state index is 11.5. The summed E-state index contributed by atoms with van der Waals surface area (Å²) < 4.78 is 10.8. The van der Waals surface area contributed by atoms with E-state index in [1.807, 2.05) is 43.3 Å². The lowest BCUT2D eigenvalue weighted by atomic mass is 9.98. The maximum Gasteiger partial charge on any atom is 0.257 e. The summed E-state index contributed by atoms with van der Waals surface area (Å²) in [5.74, 6) is 2.59. The number of carbonyl (C=O) groups is 1.